The molecule has 2 N–H and O–H groups in total. The fraction of sp³-hybridized carbons (Fsp3) is 0.207. The van der Waals surface area contributed by atoms with Crippen molar-refractivity contribution in [2.24, 2.45) is 0 Å². The van der Waals surface area contributed by atoms with Gasteiger partial charge in [-0.05, 0) is 86.0 Å². The molecule has 3 amide bonds. The second-order valence-electron chi connectivity index (χ2n) is 8.83. The van der Waals surface area contributed by atoms with Gasteiger partial charge >= 0.3 is 0 Å². The minimum atomic E-state index is -0.369. The van der Waals surface area contributed by atoms with Crippen molar-refractivity contribution < 1.29 is 19.1 Å². The molecule has 4 rings (SSSR count). The molecule has 38 heavy (non-hydrogen) atoms. The van der Waals surface area contributed by atoms with E-state index in [1.807, 2.05) is 38.1 Å². The first-order chi connectivity index (χ1) is 18.3. The largest absolute Gasteiger partial charge is 0.385 e. The highest BCUT2D eigenvalue weighted by molar-refractivity contribution is 9.10. The summed E-state index contributed by atoms with van der Waals surface area (Å²) in [5.74, 6) is -0.967. The van der Waals surface area contributed by atoms with Gasteiger partial charge < -0.3 is 15.4 Å². The molecule has 3 aromatic rings. The summed E-state index contributed by atoms with van der Waals surface area (Å²) in [7, 11) is 1.59. The van der Waals surface area contributed by atoms with Crippen molar-refractivity contribution in [2.75, 3.05) is 30.9 Å². The average molecular weight is 595 g/mol. The van der Waals surface area contributed by atoms with E-state index in [0.717, 1.165) is 21.3 Å². The van der Waals surface area contributed by atoms with Gasteiger partial charge in [0, 0.05) is 46.6 Å². The summed E-state index contributed by atoms with van der Waals surface area (Å²) < 4.78 is 5.99. The normalized spacial score (nSPS) is 13.3. The Morgan fingerprint density at radius 2 is 1.71 bits per heavy atom. The first kappa shape index (κ1) is 27.6. The van der Waals surface area contributed by atoms with E-state index in [2.05, 4.69) is 26.6 Å². The zero-order valence-corrected chi connectivity index (χ0v) is 23.7. The van der Waals surface area contributed by atoms with Gasteiger partial charge in [0.05, 0.1) is 0 Å². The maximum atomic E-state index is 13.4. The number of carbonyl (C=O) groups is 3. The lowest BCUT2D eigenvalue weighted by molar-refractivity contribution is -0.137. The average Bonchev–Trinajstić information content (AvgIpc) is 3.11. The van der Waals surface area contributed by atoms with Crippen LogP contribution in [0.4, 0.5) is 11.4 Å². The minimum Gasteiger partial charge on any atom is -0.385 e. The van der Waals surface area contributed by atoms with E-state index >= 15 is 0 Å². The van der Waals surface area contributed by atoms with Crippen molar-refractivity contribution >= 4 is 56.8 Å². The highest BCUT2D eigenvalue weighted by Crippen LogP contribution is 2.37. The van der Waals surface area contributed by atoms with Crippen LogP contribution in [-0.4, -0.2) is 42.9 Å². The fourth-order valence-electron chi connectivity index (χ4n) is 3.85. The molecular formula is C29H28BrN3O4S. The molecule has 0 atom stereocenters. The van der Waals surface area contributed by atoms with Crippen LogP contribution >= 0.6 is 27.7 Å². The van der Waals surface area contributed by atoms with Crippen LogP contribution in [0.15, 0.2) is 86.7 Å². The third-order valence-electron chi connectivity index (χ3n) is 6.05. The Balaban J connectivity index is 1.59. The molecule has 0 radical (unpaired) electrons. The Morgan fingerprint density at radius 3 is 2.42 bits per heavy atom. The molecule has 196 valence electrons. The Morgan fingerprint density at radius 1 is 0.947 bits per heavy atom. The number of hydrogen-bond acceptors (Lipinski definition) is 6. The van der Waals surface area contributed by atoms with Crippen LogP contribution in [-0.2, 0) is 14.3 Å². The number of methoxy groups -OCH3 is 1. The first-order valence-corrected chi connectivity index (χ1v) is 13.7. The predicted molar refractivity (Wildman–Crippen MR) is 154 cm³/mol. The molecule has 0 unspecified atom stereocenters. The van der Waals surface area contributed by atoms with Gasteiger partial charge in [-0.25, -0.2) is 0 Å². The molecule has 1 heterocycles. The van der Waals surface area contributed by atoms with Crippen LogP contribution in [0.2, 0.25) is 0 Å². The van der Waals surface area contributed by atoms with E-state index in [0.29, 0.717) is 34.1 Å². The van der Waals surface area contributed by atoms with E-state index in [9.17, 15) is 14.4 Å². The lowest BCUT2D eigenvalue weighted by atomic mass is 10.1. The van der Waals surface area contributed by atoms with Gasteiger partial charge in [0.2, 0.25) is 0 Å². The Bertz CT molecular complexity index is 1410. The Hall–Kier alpha value is -3.40. The van der Waals surface area contributed by atoms with Gasteiger partial charge in [-0.1, -0.05) is 39.8 Å². The van der Waals surface area contributed by atoms with Gasteiger partial charge in [0.1, 0.15) is 10.6 Å². The van der Waals surface area contributed by atoms with Crippen LogP contribution in [0, 0.1) is 13.8 Å². The predicted octanol–water partition coefficient (Wildman–Crippen LogP) is 6.14. The summed E-state index contributed by atoms with van der Waals surface area (Å²) >= 11 is 4.57. The Labute approximate surface area is 234 Å². The Kier molecular flexibility index (Phi) is 9.04. The summed E-state index contributed by atoms with van der Waals surface area (Å²) in [6.07, 6.45) is 0.542. The SMILES string of the molecule is COCCCN1C(=O)C(Nc2ccc(C)c(C)c2)=C(Sc2cccc(NC(=O)c3ccc(Br)cc3)c2)C1=O. The highest BCUT2D eigenvalue weighted by atomic mass is 79.9. The van der Waals surface area contributed by atoms with Crippen LogP contribution in [0.3, 0.4) is 0 Å². The number of nitrogens with one attached hydrogen (secondary N) is 2. The van der Waals surface area contributed by atoms with Gasteiger partial charge in [-0.15, -0.1) is 0 Å². The molecule has 0 saturated carbocycles. The molecule has 1 aliphatic rings. The maximum absolute atomic E-state index is 13.4. The quantitative estimate of drug-likeness (QED) is 0.217. The molecule has 3 aromatic carbocycles. The van der Waals surface area contributed by atoms with Gasteiger partial charge in [-0.2, -0.15) is 0 Å². The van der Waals surface area contributed by atoms with Crippen molar-refractivity contribution in [3.05, 3.63) is 98.5 Å². The molecule has 9 heteroatoms. The van der Waals surface area contributed by atoms with Gasteiger partial charge in [-0.3, -0.25) is 19.3 Å². The van der Waals surface area contributed by atoms with Gasteiger partial charge in [0.25, 0.3) is 17.7 Å². The number of carbonyl (C=O) groups excluding carboxylic acids is 3. The summed E-state index contributed by atoms with van der Waals surface area (Å²) in [6, 6.07) is 20.1. The van der Waals surface area contributed by atoms with E-state index < -0.39 is 0 Å². The number of anilines is 2. The number of nitrogens with zero attached hydrogens (tertiary/aromatic N) is 1. The van der Waals surface area contributed by atoms with E-state index in [1.54, 1.807) is 49.6 Å². The molecule has 0 fully saturated rings. The zero-order valence-electron chi connectivity index (χ0n) is 21.3. The molecule has 0 saturated heterocycles. The van der Waals surface area contributed by atoms with Crippen LogP contribution in [0.5, 0.6) is 0 Å². The van der Waals surface area contributed by atoms with E-state index in [4.69, 9.17) is 4.74 Å². The van der Waals surface area contributed by atoms with E-state index in [1.165, 1.54) is 16.7 Å². The van der Waals surface area contributed by atoms with E-state index in [-0.39, 0.29) is 30.0 Å². The first-order valence-electron chi connectivity index (χ1n) is 12.1. The zero-order chi connectivity index (χ0) is 27.2. The molecule has 0 spiro atoms. The number of hydrogen-bond donors (Lipinski definition) is 2. The van der Waals surface area contributed by atoms with Crippen LogP contribution < -0.4 is 10.6 Å². The summed E-state index contributed by atoms with van der Waals surface area (Å²) in [5, 5.41) is 6.09. The third kappa shape index (κ3) is 6.53. The molecular weight excluding hydrogens is 566 g/mol. The molecule has 0 aliphatic carbocycles. The molecule has 0 aromatic heterocycles. The second kappa shape index (κ2) is 12.4. The number of imide groups is 1. The van der Waals surface area contributed by atoms with Crippen molar-refractivity contribution in [2.45, 2.75) is 25.2 Å². The number of amides is 3. The van der Waals surface area contributed by atoms with Crippen molar-refractivity contribution in [3.63, 3.8) is 0 Å². The molecule has 0 bridgehead atoms. The highest BCUT2D eigenvalue weighted by Gasteiger charge is 2.38. The topological polar surface area (TPSA) is 87.7 Å². The van der Waals surface area contributed by atoms with Crippen molar-refractivity contribution in [1.29, 1.82) is 0 Å². The number of aryl methyl sites for hydroxylation is 2. The number of halogens is 1. The number of ether oxygens (including phenoxy) is 1. The van der Waals surface area contributed by atoms with Gasteiger partial charge in [0.15, 0.2) is 0 Å². The third-order valence-corrected chi connectivity index (χ3v) is 7.65. The number of benzene rings is 3. The monoisotopic (exact) mass is 593 g/mol. The second-order valence-corrected chi connectivity index (χ2v) is 10.8. The molecule has 1 aliphatic heterocycles. The fourth-order valence-corrected chi connectivity index (χ4v) is 5.12. The van der Waals surface area contributed by atoms with Crippen LogP contribution in [0.1, 0.15) is 27.9 Å². The summed E-state index contributed by atoms with van der Waals surface area (Å²) in [6.45, 7) is 4.72. The van der Waals surface area contributed by atoms with Crippen molar-refractivity contribution in [3.8, 4) is 0 Å². The molecule has 7 nitrogen and oxygen atoms in total. The standard InChI is InChI=1S/C29H28BrN3O4S/c1-18-8-13-23(16-19(18)2)31-25-26(29(36)33(28(25)35)14-5-15-37-3)38-24-7-4-6-22(17-24)32-27(34)20-9-11-21(30)12-10-20/h4,6-13,16-17,31H,5,14-15H2,1-3H3,(H,32,34). The minimum absolute atomic E-state index is 0.241. The summed E-state index contributed by atoms with van der Waals surface area (Å²) in [4.78, 5) is 41.7. The number of rotatable bonds is 10. The summed E-state index contributed by atoms with van der Waals surface area (Å²) in [5.41, 5.74) is 4.29. The smallest absolute Gasteiger partial charge is 0.278 e. The van der Waals surface area contributed by atoms with Crippen molar-refractivity contribution in [1.82, 2.24) is 4.90 Å². The lowest BCUT2D eigenvalue weighted by Gasteiger charge is -2.15. The lowest BCUT2D eigenvalue weighted by Crippen LogP contribution is -2.33. The number of thioether (sulfide) groups is 1. The maximum Gasteiger partial charge on any atom is 0.278 e. The van der Waals surface area contributed by atoms with Crippen LogP contribution in [0.25, 0.3) is 0 Å².